The first-order valence-corrected chi connectivity index (χ1v) is 7.74. The highest BCUT2D eigenvalue weighted by atomic mass is 79.9. The van der Waals surface area contributed by atoms with Crippen LogP contribution < -0.4 is 5.32 Å². The number of benzene rings is 2. The predicted octanol–water partition coefficient (Wildman–Crippen LogP) is 4.49. The van der Waals surface area contributed by atoms with E-state index in [-0.39, 0.29) is 11.6 Å². The van der Waals surface area contributed by atoms with E-state index in [0.717, 1.165) is 12.8 Å². The molecule has 0 spiro atoms. The SMILES string of the molecule is CNC(CCc1ccccc1)Cc1c(F)ccc(Br)c1F. The zero-order valence-electron chi connectivity index (χ0n) is 11.9. The Morgan fingerprint density at radius 1 is 1.10 bits per heavy atom. The predicted molar refractivity (Wildman–Crippen MR) is 85.4 cm³/mol. The molecule has 0 aliphatic carbocycles. The minimum atomic E-state index is -0.505. The molecule has 0 saturated heterocycles. The molecule has 0 aliphatic rings. The molecule has 0 radical (unpaired) electrons. The van der Waals surface area contributed by atoms with Crippen molar-refractivity contribution in [2.45, 2.75) is 25.3 Å². The van der Waals surface area contributed by atoms with E-state index in [1.165, 1.54) is 17.7 Å². The van der Waals surface area contributed by atoms with Crippen molar-refractivity contribution in [1.82, 2.24) is 5.32 Å². The van der Waals surface area contributed by atoms with Crippen LogP contribution in [0, 0.1) is 11.6 Å². The average molecular weight is 354 g/mol. The van der Waals surface area contributed by atoms with Gasteiger partial charge < -0.3 is 5.32 Å². The quantitative estimate of drug-likeness (QED) is 0.754. The van der Waals surface area contributed by atoms with Crippen LogP contribution in [0.4, 0.5) is 8.78 Å². The van der Waals surface area contributed by atoms with Crippen molar-refractivity contribution in [3.63, 3.8) is 0 Å². The molecular weight excluding hydrogens is 336 g/mol. The Morgan fingerprint density at radius 2 is 1.81 bits per heavy atom. The van der Waals surface area contributed by atoms with Gasteiger partial charge in [-0.1, -0.05) is 30.3 Å². The standard InChI is InChI=1S/C17H18BrF2N/c1-21-13(8-7-12-5-3-2-4-6-12)11-14-16(19)10-9-15(18)17(14)20/h2-6,9-10,13,21H,7-8,11H2,1H3. The van der Waals surface area contributed by atoms with E-state index in [0.29, 0.717) is 10.9 Å². The van der Waals surface area contributed by atoms with E-state index in [4.69, 9.17) is 0 Å². The highest BCUT2D eigenvalue weighted by Crippen LogP contribution is 2.23. The van der Waals surface area contributed by atoms with Gasteiger partial charge in [0.15, 0.2) is 0 Å². The van der Waals surface area contributed by atoms with Crippen molar-refractivity contribution in [1.29, 1.82) is 0 Å². The average Bonchev–Trinajstić information content (AvgIpc) is 2.51. The molecule has 1 N–H and O–H groups in total. The molecule has 0 heterocycles. The summed E-state index contributed by atoms with van der Waals surface area (Å²) in [6.45, 7) is 0. The fourth-order valence-corrected chi connectivity index (χ4v) is 2.71. The fraction of sp³-hybridized carbons (Fsp3) is 0.294. The van der Waals surface area contributed by atoms with E-state index in [9.17, 15) is 8.78 Å². The van der Waals surface area contributed by atoms with Crippen LogP contribution in [0.5, 0.6) is 0 Å². The van der Waals surface area contributed by atoms with Crippen LogP contribution in [0.3, 0.4) is 0 Å². The first-order valence-electron chi connectivity index (χ1n) is 6.95. The van der Waals surface area contributed by atoms with E-state index >= 15 is 0 Å². The zero-order chi connectivity index (χ0) is 15.2. The smallest absolute Gasteiger partial charge is 0.143 e. The van der Waals surface area contributed by atoms with Crippen LogP contribution >= 0.6 is 15.9 Å². The topological polar surface area (TPSA) is 12.0 Å². The Hall–Kier alpha value is -1.26. The highest BCUT2D eigenvalue weighted by Gasteiger charge is 2.16. The van der Waals surface area contributed by atoms with Crippen molar-refractivity contribution < 1.29 is 8.78 Å². The first kappa shape index (κ1) is 16.1. The summed E-state index contributed by atoms with van der Waals surface area (Å²) >= 11 is 3.11. The largest absolute Gasteiger partial charge is 0.317 e. The van der Waals surface area contributed by atoms with Crippen LogP contribution in [-0.2, 0) is 12.8 Å². The third kappa shape index (κ3) is 4.35. The number of hydrogen-bond acceptors (Lipinski definition) is 1. The Bertz CT molecular complexity index is 587. The van der Waals surface area contributed by atoms with Gasteiger partial charge in [0.2, 0.25) is 0 Å². The normalized spacial score (nSPS) is 12.4. The zero-order valence-corrected chi connectivity index (χ0v) is 13.5. The molecule has 1 atom stereocenters. The molecule has 0 amide bonds. The minimum Gasteiger partial charge on any atom is -0.317 e. The van der Waals surface area contributed by atoms with Crippen LogP contribution in [0.25, 0.3) is 0 Å². The molecule has 0 aromatic heterocycles. The van der Waals surface area contributed by atoms with Gasteiger partial charge in [0, 0.05) is 11.6 Å². The summed E-state index contributed by atoms with van der Waals surface area (Å²) in [5.74, 6) is -0.995. The third-order valence-electron chi connectivity index (χ3n) is 3.62. The van der Waals surface area contributed by atoms with Crippen LogP contribution in [0.1, 0.15) is 17.5 Å². The number of hydrogen-bond donors (Lipinski definition) is 1. The maximum atomic E-state index is 14.0. The van der Waals surface area contributed by atoms with Crippen LogP contribution in [-0.4, -0.2) is 13.1 Å². The van der Waals surface area contributed by atoms with E-state index < -0.39 is 11.6 Å². The number of aryl methyl sites for hydroxylation is 1. The molecule has 2 aromatic carbocycles. The van der Waals surface area contributed by atoms with Gasteiger partial charge in [-0.15, -0.1) is 0 Å². The van der Waals surface area contributed by atoms with Crippen molar-refractivity contribution in [3.8, 4) is 0 Å². The lowest BCUT2D eigenvalue weighted by Crippen LogP contribution is -2.29. The molecule has 2 aromatic rings. The van der Waals surface area contributed by atoms with Crippen molar-refractivity contribution in [2.75, 3.05) is 7.05 Å². The summed E-state index contributed by atoms with van der Waals surface area (Å²) in [6.07, 6.45) is 2.04. The summed E-state index contributed by atoms with van der Waals surface area (Å²) in [5, 5.41) is 3.15. The molecule has 1 unspecified atom stereocenters. The molecule has 112 valence electrons. The van der Waals surface area contributed by atoms with E-state index in [1.807, 2.05) is 25.2 Å². The Kier molecular flexibility index (Phi) is 5.88. The van der Waals surface area contributed by atoms with Crippen LogP contribution in [0.15, 0.2) is 46.9 Å². The monoisotopic (exact) mass is 353 g/mol. The molecule has 0 fully saturated rings. The molecule has 4 heteroatoms. The van der Waals surface area contributed by atoms with E-state index in [2.05, 4.69) is 33.4 Å². The molecule has 0 aliphatic heterocycles. The van der Waals surface area contributed by atoms with Gasteiger partial charge in [-0.25, -0.2) is 8.78 Å². The summed E-state index contributed by atoms with van der Waals surface area (Å²) < 4.78 is 28.1. The lowest BCUT2D eigenvalue weighted by molar-refractivity contribution is 0.481. The molecule has 0 bridgehead atoms. The highest BCUT2D eigenvalue weighted by molar-refractivity contribution is 9.10. The maximum Gasteiger partial charge on any atom is 0.143 e. The van der Waals surface area contributed by atoms with Crippen LogP contribution in [0.2, 0.25) is 0 Å². The second-order valence-electron chi connectivity index (χ2n) is 5.04. The lowest BCUT2D eigenvalue weighted by atomic mass is 9.98. The number of halogens is 3. The first-order chi connectivity index (χ1) is 10.1. The Balaban J connectivity index is 2.04. The summed E-state index contributed by atoms with van der Waals surface area (Å²) in [7, 11) is 1.82. The van der Waals surface area contributed by atoms with Crippen molar-refractivity contribution >= 4 is 15.9 Å². The molecule has 0 saturated carbocycles. The van der Waals surface area contributed by atoms with Gasteiger partial charge in [-0.05, 0) is 59.9 Å². The number of likely N-dealkylation sites (N-methyl/N-ethyl adjacent to an activating group) is 1. The van der Waals surface area contributed by atoms with Gasteiger partial charge in [0.25, 0.3) is 0 Å². The van der Waals surface area contributed by atoms with Gasteiger partial charge in [0.05, 0.1) is 4.47 Å². The summed E-state index contributed by atoms with van der Waals surface area (Å²) in [5.41, 5.74) is 1.37. The number of nitrogens with one attached hydrogen (secondary N) is 1. The van der Waals surface area contributed by atoms with Gasteiger partial charge in [-0.2, -0.15) is 0 Å². The fourth-order valence-electron chi connectivity index (χ4n) is 2.34. The molecule has 21 heavy (non-hydrogen) atoms. The third-order valence-corrected chi connectivity index (χ3v) is 4.23. The summed E-state index contributed by atoms with van der Waals surface area (Å²) in [6, 6.07) is 12.8. The van der Waals surface area contributed by atoms with Gasteiger partial charge >= 0.3 is 0 Å². The molecular formula is C17H18BrF2N. The molecule has 1 nitrogen and oxygen atoms in total. The van der Waals surface area contributed by atoms with Crippen molar-refractivity contribution in [3.05, 3.63) is 69.7 Å². The van der Waals surface area contributed by atoms with Gasteiger partial charge in [0.1, 0.15) is 11.6 Å². The van der Waals surface area contributed by atoms with Crippen molar-refractivity contribution in [2.24, 2.45) is 0 Å². The van der Waals surface area contributed by atoms with Gasteiger partial charge in [-0.3, -0.25) is 0 Å². The molecule has 2 rings (SSSR count). The summed E-state index contributed by atoms with van der Waals surface area (Å²) in [4.78, 5) is 0. The lowest BCUT2D eigenvalue weighted by Gasteiger charge is -2.17. The maximum absolute atomic E-state index is 14.0. The number of rotatable bonds is 6. The Labute approximate surface area is 132 Å². The minimum absolute atomic E-state index is 0.0310. The van der Waals surface area contributed by atoms with E-state index in [1.54, 1.807) is 0 Å². The Morgan fingerprint density at radius 3 is 2.48 bits per heavy atom. The second kappa shape index (κ2) is 7.66. The second-order valence-corrected chi connectivity index (χ2v) is 5.89.